The van der Waals surface area contributed by atoms with Crippen LogP contribution in [0.1, 0.15) is 74.0 Å². The summed E-state index contributed by atoms with van der Waals surface area (Å²) in [5, 5.41) is 5.99. The third-order valence-corrected chi connectivity index (χ3v) is 10.4. The second kappa shape index (κ2) is 13.9. The monoisotopic (exact) mass is 653 g/mol. The van der Waals surface area contributed by atoms with Crippen LogP contribution in [0.2, 0.25) is 0 Å². The van der Waals surface area contributed by atoms with E-state index in [0.29, 0.717) is 50.0 Å². The van der Waals surface area contributed by atoms with Crippen molar-refractivity contribution in [3.8, 4) is 5.69 Å². The lowest BCUT2D eigenvalue weighted by Gasteiger charge is -2.34. The van der Waals surface area contributed by atoms with Crippen LogP contribution < -0.4 is 14.3 Å². The van der Waals surface area contributed by atoms with E-state index in [4.69, 9.17) is 19.6 Å². The third-order valence-electron chi connectivity index (χ3n) is 9.30. The molecule has 13 nitrogen and oxygen atoms in total. The van der Waals surface area contributed by atoms with Crippen LogP contribution in [0, 0.1) is 5.92 Å². The number of fused-ring (bicyclic) bond motifs is 1. The molecule has 1 saturated carbocycles. The fourth-order valence-corrected chi connectivity index (χ4v) is 7.68. The third kappa shape index (κ3) is 6.98. The first kappa shape index (κ1) is 32.2. The number of anilines is 1. The van der Waals surface area contributed by atoms with E-state index < -0.39 is 28.3 Å². The molecule has 3 aliphatic rings. The van der Waals surface area contributed by atoms with Crippen LogP contribution in [0.3, 0.4) is 0 Å². The Morgan fingerprint density at radius 2 is 1.72 bits per heavy atom. The molecule has 0 unspecified atom stereocenters. The number of rotatable bonds is 10. The van der Waals surface area contributed by atoms with Crippen LogP contribution in [-0.4, -0.2) is 92.6 Å². The van der Waals surface area contributed by atoms with Gasteiger partial charge in [0.05, 0.1) is 29.1 Å². The van der Waals surface area contributed by atoms with Gasteiger partial charge in [0.25, 0.3) is 5.91 Å². The van der Waals surface area contributed by atoms with Gasteiger partial charge in [0, 0.05) is 51.9 Å². The van der Waals surface area contributed by atoms with Crippen molar-refractivity contribution in [1.82, 2.24) is 29.1 Å². The molecule has 0 bridgehead atoms. The molecule has 46 heavy (non-hydrogen) atoms. The zero-order chi connectivity index (χ0) is 32.3. The van der Waals surface area contributed by atoms with Crippen LogP contribution in [0.25, 0.3) is 16.7 Å². The van der Waals surface area contributed by atoms with Gasteiger partial charge in [0.15, 0.2) is 5.65 Å². The molecule has 6 rings (SSSR count). The fourth-order valence-electron chi connectivity index (χ4n) is 6.60. The van der Waals surface area contributed by atoms with Gasteiger partial charge in [-0.25, -0.2) is 19.2 Å². The Bertz CT molecular complexity index is 1640. The van der Waals surface area contributed by atoms with E-state index in [2.05, 4.69) is 14.3 Å². The van der Waals surface area contributed by atoms with Gasteiger partial charge in [-0.15, -0.1) is 0 Å². The summed E-state index contributed by atoms with van der Waals surface area (Å²) in [5.41, 5.74) is 3.18. The molecule has 2 amide bonds. The molecule has 4 heterocycles. The first-order chi connectivity index (χ1) is 22.3. The fraction of sp³-hybridized carbons (Fsp3) is 0.562. The molecule has 0 radical (unpaired) electrons. The zero-order valence-electron chi connectivity index (χ0n) is 26.5. The first-order valence-corrected chi connectivity index (χ1v) is 17.7. The van der Waals surface area contributed by atoms with E-state index in [1.54, 1.807) is 29.7 Å². The van der Waals surface area contributed by atoms with E-state index >= 15 is 0 Å². The van der Waals surface area contributed by atoms with Gasteiger partial charge in [0.1, 0.15) is 5.69 Å². The number of ether oxygens (including phenoxy) is 2. The number of pyridine rings is 1. The molecule has 248 valence electrons. The highest BCUT2D eigenvalue weighted by molar-refractivity contribution is 7.88. The van der Waals surface area contributed by atoms with Crippen molar-refractivity contribution >= 4 is 38.9 Å². The summed E-state index contributed by atoms with van der Waals surface area (Å²) >= 11 is 0. The van der Waals surface area contributed by atoms with E-state index in [9.17, 15) is 18.0 Å². The number of likely N-dealkylation sites (tertiary alicyclic amines) is 1. The number of aromatic nitrogens is 3. The molecule has 2 aliphatic heterocycles. The topological polar surface area (TPSA) is 148 Å². The molecule has 2 aromatic heterocycles. The summed E-state index contributed by atoms with van der Waals surface area (Å²) < 4.78 is 43.3. The highest BCUT2D eigenvalue weighted by atomic mass is 32.2. The number of nitrogens with one attached hydrogen (secondary N) is 2. The Hall–Kier alpha value is -3.75. The zero-order valence-corrected chi connectivity index (χ0v) is 27.3. The summed E-state index contributed by atoms with van der Waals surface area (Å²) in [6, 6.07) is 11.0. The number of para-hydroxylation sites is 1. The second-order valence-corrected chi connectivity index (χ2v) is 13.8. The smallest absolute Gasteiger partial charge is 0.409 e. The molecule has 2 saturated heterocycles. The van der Waals surface area contributed by atoms with Crippen molar-refractivity contribution in [1.29, 1.82) is 0 Å². The van der Waals surface area contributed by atoms with Gasteiger partial charge in [-0.2, -0.15) is 18.2 Å². The number of carbonyl (C=O) groups is 2. The number of hydrogen-bond donors (Lipinski definition) is 2. The van der Waals surface area contributed by atoms with Crippen LogP contribution >= 0.6 is 0 Å². The Balaban J connectivity index is 1.30. The molecule has 0 spiro atoms. The maximum atomic E-state index is 13.7. The molecule has 1 aliphatic carbocycles. The molecular weight excluding hydrogens is 610 g/mol. The highest BCUT2D eigenvalue weighted by Gasteiger charge is 2.33. The average Bonchev–Trinajstić information content (AvgIpc) is 3.40. The number of benzene rings is 1. The lowest BCUT2D eigenvalue weighted by atomic mass is 9.82. The van der Waals surface area contributed by atoms with Crippen LogP contribution in [0.4, 0.5) is 10.5 Å². The molecule has 14 heteroatoms. The number of piperidine rings is 2. The maximum Gasteiger partial charge on any atom is 0.409 e. The molecule has 3 aromatic rings. The second-order valence-electron chi connectivity index (χ2n) is 12.4. The first-order valence-electron chi connectivity index (χ1n) is 16.2. The summed E-state index contributed by atoms with van der Waals surface area (Å²) in [5.74, 6) is -0.0571. The van der Waals surface area contributed by atoms with Gasteiger partial charge >= 0.3 is 16.3 Å². The number of nitrogens with zero attached hydrogens (tertiary/aromatic N) is 5. The standard InChI is InChI=1S/C32H43N7O6S/c1-3-45-32(41)38-18-14-24(15-19-38)35-46(42,43)36-31(40)26-20-27(37-16-12-22(13-17-37)21-44-2)28-29(23-8-7-9-23)34-39(30(28)33-26)25-10-5-4-6-11-25/h4-6,10-11,20,22-24,35H,3,7-9,12-19,21H2,1-2H3,(H,36,40). The Labute approximate surface area is 269 Å². The number of amides is 2. The molecular formula is C32H43N7O6S. The highest BCUT2D eigenvalue weighted by Crippen LogP contribution is 2.43. The molecule has 0 atom stereocenters. The summed E-state index contributed by atoms with van der Waals surface area (Å²) in [4.78, 5) is 34.3. The Kier molecular flexibility index (Phi) is 9.76. The van der Waals surface area contributed by atoms with Crippen molar-refractivity contribution in [2.24, 2.45) is 5.92 Å². The number of hydrogen-bond acceptors (Lipinski definition) is 9. The van der Waals surface area contributed by atoms with Gasteiger partial charge in [-0.05, 0) is 69.6 Å². The molecule has 2 N–H and O–H groups in total. The average molecular weight is 654 g/mol. The molecule has 1 aromatic carbocycles. The van der Waals surface area contributed by atoms with Crippen molar-refractivity contribution in [3.63, 3.8) is 0 Å². The lowest BCUT2D eigenvalue weighted by Crippen LogP contribution is -2.50. The quantitative estimate of drug-likeness (QED) is 0.334. The van der Waals surface area contributed by atoms with Crippen molar-refractivity contribution < 1.29 is 27.5 Å². The van der Waals surface area contributed by atoms with E-state index in [-0.39, 0.29) is 12.3 Å². The largest absolute Gasteiger partial charge is 0.450 e. The van der Waals surface area contributed by atoms with Gasteiger partial charge in [0.2, 0.25) is 0 Å². The van der Waals surface area contributed by atoms with E-state index in [1.807, 2.05) is 30.3 Å². The lowest BCUT2D eigenvalue weighted by molar-refractivity contribution is 0.0965. The van der Waals surface area contributed by atoms with Crippen LogP contribution in [0.5, 0.6) is 0 Å². The summed E-state index contributed by atoms with van der Waals surface area (Å²) in [7, 11) is -2.50. The molecule has 3 fully saturated rings. The minimum absolute atomic E-state index is 0.00117. The van der Waals surface area contributed by atoms with Gasteiger partial charge in [-0.3, -0.25) is 4.79 Å². The number of methoxy groups -OCH3 is 1. The van der Waals surface area contributed by atoms with Gasteiger partial charge in [-0.1, -0.05) is 24.6 Å². The minimum atomic E-state index is -4.22. The Morgan fingerprint density at radius 3 is 2.35 bits per heavy atom. The Morgan fingerprint density at radius 1 is 1.00 bits per heavy atom. The van der Waals surface area contributed by atoms with Gasteiger partial charge < -0.3 is 19.3 Å². The predicted molar refractivity (Wildman–Crippen MR) is 173 cm³/mol. The number of carbonyl (C=O) groups excluding carboxylic acids is 2. The van der Waals surface area contributed by atoms with Crippen LogP contribution in [0.15, 0.2) is 36.4 Å². The normalized spacial score (nSPS) is 18.5. The van der Waals surface area contributed by atoms with Crippen molar-refractivity contribution in [2.45, 2.75) is 63.8 Å². The SMILES string of the molecule is CCOC(=O)N1CCC(NS(=O)(=O)NC(=O)c2cc(N3CCC(COC)CC3)c3c(C4CCC4)nn(-c4ccccc4)c3n2)CC1. The maximum absolute atomic E-state index is 13.7. The van der Waals surface area contributed by atoms with E-state index in [0.717, 1.165) is 67.6 Å². The summed E-state index contributed by atoms with van der Waals surface area (Å²) in [6.45, 7) is 4.99. The predicted octanol–water partition coefficient (Wildman–Crippen LogP) is 3.74. The minimum Gasteiger partial charge on any atom is -0.450 e. The summed E-state index contributed by atoms with van der Waals surface area (Å²) in [6.07, 6.45) is 5.51. The van der Waals surface area contributed by atoms with Crippen molar-refractivity contribution in [3.05, 3.63) is 47.8 Å². The van der Waals surface area contributed by atoms with E-state index in [1.165, 1.54) is 0 Å². The van der Waals surface area contributed by atoms with Crippen LogP contribution in [-0.2, 0) is 19.7 Å². The van der Waals surface area contributed by atoms with Crippen molar-refractivity contribution in [2.75, 3.05) is 51.4 Å².